The summed E-state index contributed by atoms with van der Waals surface area (Å²) in [7, 11) is 0. The Morgan fingerprint density at radius 3 is 2.30 bits per heavy atom. The molecule has 1 saturated heterocycles. The van der Waals surface area contributed by atoms with Crippen LogP contribution >= 0.6 is 12.4 Å². The second-order valence-corrected chi connectivity index (χ2v) is 7.26. The molecule has 4 nitrogen and oxygen atoms in total. The molecule has 1 aliphatic heterocycles. The summed E-state index contributed by atoms with van der Waals surface area (Å²) in [6, 6.07) is 12.4. The van der Waals surface area contributed by atoms with Crippen LogP contribution in [0.3, 0.4) is 0 Å². The zero-order valence-corrected chi connectivity index (χ0v) is 15.6. The molecule has 3 unspecified atom stereocenters. The molecule has 3 atom stereocenters. The Hall–Kier alpha value is -2.24. The smallest absolute Gasteiger partial charge is 0.254 e. The number of nitrogens with zero attached hydrogens (tertiary/aromatic N) is 1. The van der Waals surface area contributed by atoms with Crippen molar-refractivity contribution < 1.29 is 14.0 Å². The van der Waals surface area contributed by atoms with Crippen LogP contribution in [-0.2, 0) is 0 Å². The summed E-state index contributed by atoms with van der Waals surface area (Å²) in [4.78, 5) is 27.7. The van der Waals surface area contributed by atoms with E-state index in [4.69, 9.17) is 5.73 Å². The highest BCUT2D eigenvalue weighted by molar-refractivity contribution is 6.15. The van der Waals surface area contributed by atoms with E-state index in [-0.39, 0.29) is 30.1 Å². The number of carbonyl (C=O) groups excluding carboxylic acids is 2. The third kappa shape index (κ3) is 3.62. The Morgan fingerprint density at radius 2 is 1.63 bits per heavy atom. The van der Waals surface area contributed by atoms with Gasteiger partial charge in [-0.25, -0.2) is 4.39 Å². The number of ketones is 1. The number of hydrogen-bond donors (Lipinski definition) is 1. The lowest BCUT2D eigenvalue weighted by molar-refractivity contribution is 0.0775. The summed E-state index contributed by atoms with van der Waals surface area (Å²) >= 11 is 0. The summed E-state index contributed by atoms with van der Waals surface area (Å²) in [6.07, 6.45) is 2.09. The van der Waals surface area contributed by atoms with E-state index in [1.807, 2.05) is 4.90 Å². The highest BCUT2D eigenvalue weighted by Gasteiger charge is 2.42. The van der Waals surface area contributed by atoms with Crippen molar-refractivity contribution in [3.05, 3.63) is 71.0 Å². The lowest BCUT2D eigenvalue weighted by atomic mass is 9.97. The Labute approximate surface area is 164 Å². The van der Waals surface area contributed by atoms with E-state index >= 15 is 0 Å². The van der Waals surface area contributed by atoms with Gasteiger partial charge in [0.2, 0.25) is 0 Å². The zero-order valence-electron chi connectivity index (χ0n) is 14.8. The summed E-state index contributed by atoms with van der Waals surface area (Å²) < 4.78 is 13.1. The van der Waals surface area contributed by atoms with Crippen molar-refractivity contribution in [2.75, 3.05) is 13.1 Å². The van der Waals surface area contributed by atoms with Gasteiger partial charge in [0.25, 0.3) is 5.91 Å². The molecule has 2 aromatic carbocycles. The van der Waals surface area contributed by atoms with E-state index in [1.165, 1.54) is 24.3 Å². The van der Waals surface area contributed by atoms with Gasteiger partial charge >= 0.3 is 0 Å². The summed E-state index contributed by atoms with van der Waals surface area (Å²) in [6.45, 7) is 1.36. The molecule has 142 valence electrons. The maximum Gasteiger partial charge on any atom is 0.254 e. The molecule has 1 aliphatic carbocycles. The molecule has 2 fully saturated rings. The fourth-order valence-corrected chi connectivity index (χ4v) is 4.27. The minimum Gasteiger partial charge on any atom is -0.338 e. The van der Waals surface area contributed by atoms with Gasteiger partial charge in [-0.2, -0.15) is 0 Å². The molecule has 2 N–H and O–H groups in total. The van der Waals surface area contributed by atoms with E-state index in [9.17, 15) is 14.0 Å². The number of amides is 1. The predicted octanol–water partition coefficient (Wildman–Crippen LogP) is 3.29. The van der Waals surface area contributed by atoms with E-state index < -0.39 is 5.82 Å². The first kappa shape index (κ1) is 19.5. The predicted molar refractivity (Wildman–Crippen MR) is 104 cm³/mol. The van der Waals surface area contributed by atoms with Crippen molar-refractivity contribution in [2.45, 2.75) is 18.9 Å². The number of likely N-dealkylation sites (tertiary alicyclic amines) is 1. The third-order valence-corrected chi connectivity index (χ3v) is 5.71. The highest BCUT2D eigenvalue weighted by Crippen LogP contribution is 2.37. The minimum atomic E-state index is -0.397. The fraction of sp³-hybridized carbons (Fsp3) is 0.333. The Bertz CT molecular complexity index is 856. The Balaban J connectivity index is 0.00000210. The van der Waals surface area contributed by atoms with Crippen LogP contribution in [0.4, 0.5) is 4.39 Å². The normalized spacial score (nSPS) is 23.6. The quantitative estimate of drug-likeness (QED) is 0.820. The number of hydrogen-bond acceptors (Lipinski definition) is 3. The Kier molecular flexibility index (Phi) is 5.63. The van der Waals surface area contributed by atoms with Gasteiger partial charge in [-0.15, -0.1) is 12.4 Å². The van der Waals surface area contributed by atoms with E-state index in [1.54, 1.807) is 24.3 Å². The average Bonchev–Trinajstić information content (AvgIpc) is 3.23. The van der Waals surface area contributed by atoms with E-state index in [2.05, 4.69) is 0 Å². The second kappa shape index (κ2) is 7.79. The first-order chi connectivity index (χ1) is 12.5. The number of carbonyl (C=O) groups is 2. The van der Waals surface area contributed by atoms with Crippen LogP contribution in [0.25, 0.3) is 0 Å². The second-order valence-electron chi connectivity index (χ2n) is 7.26. The van der Waals surface area contributed by atoms with Crippen molar-refractivity contribution in [1.82, 2.24) is 4.90 Å². The number of benzene rings is 2. The fourth-order valence-electron chi connectivity index (χ4n) is 4.27. The van der Waals surface area contributed by atoms with Crippen LogP contribution in [0.2, 0.25) is 0 Å². The lowest BCUT2D eigenvalue weighted by Crippen LogP contribution is -2.34. The van der Waals surface area contributed by atoms with Crippen LogP contribution in [0.5, 0.6) is 0 Å². The number of nitrogens with two attached hydrogens (primary N) is 1. The lowest BCUT2D eigenvalue weighted by Gasteiger charge is -2.20. The van der Waals surface area contributed by atoms with Gasteiger partial charge < -0.3 is 10.6 Å². The van der Waals surface area contributed by atoms with Crippen molar-refractivity contribution in [1.29, 1.82) is 0 Å². The summed E-state index contributed by atoms with van der Waals surface area (Å²) in [5.41, 5.74) is 7.28. The van der Waals surface area contributed by atoms with E-state index in [0.717, 1.165) is 12.8 Å². The van der Waals surface area contributed by atoms with Crippen LogP contribution < -0.4 is 5.73 Å². The first-order valence-electron chi connectivity index (χ1n) is 8.99. The minimum absolute atomic E-state index is 0. The molecule has 0 spiro atoms. The van der Waals surface area contributed by atoms with Gasteiger partial charge in [0, 0.05) is 30.3 Å². The number of fused-ring (bicyclic) bond motifs is 1. The maximum absolute atomic E-state index is 13.1. The van der Waals surface area contributed by atoms with Crippen LogP contribution in [-0.4, -0.2) is 35.7 Å². The molecule has 1 amide bonds. The van der Waals surface area contributed by atoms with Gasteiger partial charge in [-0.1, -0.05) is 18.2 Å². The van der Waals surface area contributed by atoms with E-state index in [0.29, 0.717) is 41.6 Å². The van der Waals surface area contributed by atoms with Crippen LogP contribution in [0.1, 0.15) is 39.1 Å². The average molecular weight is 389 g/mol. The third-order valence-electron chi connectivity index (χ3n) is 5.71. The van der Waals surface area contributed by atoms with Gasteiger partial charge in [-0.05, 0) is 55.0 Å². The van der Waals surface area contributed by atoms with Crippen LogP contribution in [0.15, 0.2) is 48.5 Å². The van der Waals surface area contributed by atoms with Crippen molar-refractivity contribution >= 4 is 24.1 Å². The SMILES string of the molecule is Cl.NC1CCC2CN(C(=O)c3ccccc3C(=O)c3ccc(F)cc3)CC12. The molecule has 0 bridgehead atoms. The number of rotatable bonds is 3. The molecule has 0 aromatic heterocycles. The first-order valence-corrected chi connectivity index (χ1v) is 8.99. The topological polar surface area (TPSA) is 63.4 Å². The molecule has 2 aromatic rings. The standard InChI is InChI=1S/C21H21FN2O2.ClH/c22-15-8-5-13(6-9-15)20(25)16-3-1-2-4-17(16)21(26)24-11-14-7-10-19(23)18(14)12-24;/h1-6,8-9,14,18-19H,7,10-12,23H2;1H. The molecule has 27 heavy (non-hydrogen) atoms. The van der Waals surface area contributed by atoms with Crippen molar-refractivity contribution in [3.8, 4) is 0 Å². The molecule has 4 rings (SSSR count). The van der Waals surface area contributed by atoms with Gasteiger partial charge in [0.1, 0.15) is 5.82 Å². The van der Waals surface area contributed by atoms with Crippen LogP contribution in [0, 0.1) is 17.7 Å². The molecule has 6 heteroatoms. The Morgan fingerprint density at radius 1 is 0.963 bits per heavy atom. The molecule has 1 saturated carbocycles. The largest absolute Gasteiger partial charge is 0.338 e. The maximum atomic E-state index is 13.1. The summed E-state index contributed by atoms with van der Waals surface area (Å²) in [5.74, 6) is 0.0291. The zero-order chi connectivity index (χ0) is 18.3. The van der Waals surface area contributed by atoms with Crippen molar-refractivity contribution in [2.24, 2.45) is 17.6 Å². The number of halogens is 2. The molecular weight excluding hydrogens is 367 g/mol. The van der Waals surface area contributed by atoms with Gasteiger partial charge in [0.05, 0.1) is 5.56 Å². The van der Waals surface area contributed by atoms with Gasteiger partial charge in [0.15, 0.2) is 5.78 Å². The molecule has 2 aliphatic rings. The van der Waals surface area contributed by atoms with Gasteiger partial charge in [-0.3, -0.25) is 9.59 Å². The highest BCUT2D eigenvalue weighted by atomic mass is 35.5. The molecular formula is C21H22ClFN2O2. The molecule has 0 radical (unpaired) electrons. The summed E-state index contributed by atoms with van der Waals surface area (Å²) in [5, 5.41) is 0. The van der Waals surface area contributed by atoms with Crippen molar-refractivity contribution in [3.63, 3.8) is 0 Å². The monoisotopic (exact) mass is 388 g/mol. The molecule has 1 heterocycles.